The van der Waals surface area contributed by atoms with Gasteiger partial charge < -0.3 is 20.3 Å². The Morgan fingerprint density at radius 1 is 1.08 bits per heavy atom. The Kier molecular flexibility index (Phi) is 7.80. The fraction of sp³-hybridized carbons (Fsp3) is 0.640. The summed E-state index contributed by atoms with van der Waals surface area (Å²) in [6, 6.07) is 3.47. The first kappa shape index (κ1) is 27.3. The number of hydrogen-bond donors (Lipinski definition) is 2. The number of amides is 3. The number of hydrogen-bond acceptors (Lipinski definition) is 6. The van der Waals surface area contributed by atoms with Crippen LogP contribution in [0.4, 0.5) is 9.18 Å². The molecule has 0 radical (unpaired) electrons. The van der Waals surface area contributed by atoms with Crippen molar-refractivity contribution < 1.29 is 31.9 Å². The van der Waals surface area contributed by atoms with Gasteiger partial charge >= 0.3 is 6.09 Å². The molecule has 1 aromatic carbocycles. The second-order valence-corrected chi connectivity index (χ2v) is 13.1. The van der Waals surface area contributed by atoms with Gasteiger partial charge in [-0.1, -0.05) is 12.1 Å². The molecular formula is C25H35FN4O6S. The van der Waals surface area contributed by atoms with E-state index in [0.717, 1.165) is 0 Å². The maximum absolute atomic E-state index is 13.8. The zero-order valence-corrected chi connectivity index (χ0v) is 22.2. The lowest BCUT2D eigenvalue weighted by molar-refractivity contribution is -0.143. The molecule has 3 amide bonds. The molecule has 4 rings (SSSR count). The Labute approximate surface area is 216 Å². The van der Waals surface area contributed by atoms with Crippen molar-refractivity contribution in [1.29, 1.82) is 0 Å². The van der Waals surface area contributed by atoms with Gasteiger partial charge in [0.2, 0.25) is 21.8 Å². The van der Waals surface area contributed by atoms with E-state index < -0.39 is 45.0 Å². The van der Waals surface area contributed by atoms with Crippen molar-refractivity contribution in [3.63, 3.8) is 0 Å². The number of ether oxygens (including phenoxy) is 1. The number of alkyl carbamates (subject to hydrolysis) is 1. The van der Waals surface area contributed by atoms with Crippen LogP contribution in [0, 0.1) is 5.82 Å². The predicted molar refractivity (Wildman–Crippen MR) is 133 cm³/mol. The minimum Gasteiger partial charge on any atom is -0.444 e. The van der Waals surface area contributed by atoms with Crippen LogP contribution >= 0.6 is 0 Å². The van der Waals surface area contributed by atoms with Gasteiger partial charge in [-0.25, -0.2) is 17.6 Å². The fourth-order valence-corrected chi connectivity index (χ4v) is 6.75. The summed E-state index contributed by atoms with van der Waals surface area (Å²) >= 11 is 0. The van der Waals surface area contributed by atoms with Crippen molar-refractivity contribution in [2.24, 2.45) is 0 Å². The summed E-state index contributed by atoms with van der Waals surface area (Å²) in [4.78, 5) is 41.0. The molecule has 2 heterocycles. The van der Waals surface area contributed by atoms with Crippen LogP contribution in [-0.4, -0.2) is 77.6 Å². The van der Waals surface area contributed by atoms with Crippen molar-refractivity contribution in [2.45, 2.75) is 88.4 Å². The van der Waals surface area contributed by atoms with Gasteiger partial charge in [-0.3, -0.25) is 9.59 Å². The molecule has 12 heteroatoms. The highest BCUT2D eigenvalue weighted by molar-refractivity contribution is 7.90. The zero-order chi connectivity index (χ0) is 27.0. The third kappa shape index (κ3) is 6.59. The summed E-state index contributed by atoms with van der Waals surface area (Å²) in [5.41, 5.74) is -0.0957. The van der Waals surface area contributed by atoms with E-state index in [1.165, 1.54) is 21.3 Å². The third-order valence-electron chi connectivity index (χ3n) is 6.83. The van der Waals surface area contributed by atoms with Crippen LogP contribution in [0.15, 0.2) is 24.3 Å². The minimum absolute atomic E-state index is 0.176. The van der Waals surface area contributed by atoms with E-state index in [-0.39, 0.29) is 37.4 Å². The lowest BCUT2D eigenvalue weighted by Gasteiger charge is -2.38. The smallest absolute Gasteiger partial charge is 0.408 e. The van der Waals surface area contributed by atoms with Crippen molar-refractivity contribution >= 4 is 27.9 Å². The van der Waals surface area contributed by atoms with E-state index in [2.05, 4.69) is 10.6 Å². The van der Waals surface area contributed by atoms with Crippen LogP contribution in [0.1, 0.15) is 58.4 Å². The number of carbonyl (C=O) groups is 3. The van der Waals surface area contributed by atoms with Gasteiger partial charge in [0, 0.05) is 25.7 Å². The molecule has 37 heavy (non-hydrogen) atoms. The highest BCUT2D eigenvalue weighted by atomic mass is 32.2. The van der Waals surface area contributed by atoms with E-state index >= 15 is 0 Å². The van der Waals surface area contributed by atoms with Crippen LogP contribution in [0.5, 0.6) is 0 Å². The zero-order valence-electron chi connectivity index (χ0n) is 21.4. The molecule has 2 aliphatic heterocycles. The third-order valence-corrected chi connectivity index (χ3v) is 9.20. The number of nitrogens with one attached hydrogen (secondary N) is 2. The standard InChI is InChI=1S/C25H35FN4O6S/c1-25(2,3)36-24(33)28-20-15-29(37(34,35)19-9-10-19)13-12-18-8-11-21(30(18)23(20)32)22(31)27-14-16-4-6-17(26)7-5-16/h4-7,18-21H,8-15H2,1-3H3,(H,27,31)(H,28,33)/t18-,20+,21+/m1/s1. The molecule has 10 nitrogen and oxygen atoms in total. The number of carbonyl (C=O) groups excluding carboxylic acids is 3. The first-order valence-electron chi connectivity index (χ1n) is 12.7. The molecule has 0 spiro atoms. The van der Waals surface area contributed by atoms with Gasteiger partial charge in [-0.05, 0) is 70.6 Å². The van der Waals surface area contributed by atoms with Gasteiger partial charge in [-0.15, -0.1) is 0 Å². The van der Waals surface area contributed by atoms with Crippen LogP contribution < -0.4 is 10.6 Å². The normalized spacial score (nSPS) is 25.1. The van der Waals surface area contributed by atoms with Crippen LogP contribution in [-0.2, 0) is 30.9 Å². The second-order valence-electron chi connectivity index (χ2n) is 10.9. The second kappa shape index (κ2) is 10.6. The minimum atomic E-state index is -3.59. The van der Waals surface area contributed by atoms with Crippen molar-refractivity contribution in [1.82, 2.24) is 19.8 Å². The number of nitrogens with zero attached hydrogens (tertiary/aromatic N) is 2. The van der Waals surface area contributed by atoms with E-state index in [1.807, 2.05) is 0 Å². The summed E-state index contributed by atoms with van der Waals surface area (Å²) in [5, 5.41) is 4.93. The number of sulfonamides is 1. The molecule has 1 aliphatic carbocycles. The number of halogens is 1. The largest absolute Gasteiger partial charge is 0.444 e. The maximum atomic E-state index is 13.8. The molecule has 3 aliphatic rings. The molecule has 0 unspecified atom stereocenters. The Morgan fingerprint density at radius 2 is 1.76 bits per heavy atom. The van der Waals surface area contributed by atoms with Crippen molar-refractivity contribution in [3.8, 4) is 0 Å². The van der Waals surface area contributed by atoms with Gasteiger partial charge in [0.1, 0.15) is 23.5 Å². The Bertz CT molecular complexity index is 1130. The molecule has 0 aromatic heterocycles. The highest BCUT2D eigenvalue weighted by Crippen LogP contribution is 2.34. The maximum Gasteiger partial charge on any atom is 0.408 e. The predicted octanol–water partition coefficient (Wildman–Crippen LogP) is 1.89. The number of fused-ring (bicyclic) bond motifs is 1. The summed E-state index contributed by atoms with van der Waals surface area (Å²) in [6.07, 6.45) is 1.70. The van der Waals surface area contributed by atoms with E-state index in [4.69, 9.17) is 4.74 Å². The molecular weight excluding hydrogens is 503 g/mol. The van der Waals surface area contributed by atoms with Gasteiger partial charge in [0.25, 0.3) is 0 Å². The van der Waals surface area contributed by atoms with Crippen molar-refractivity contribution in [2.75, 3.05) is 13.1 Å². The summed E-state index contributed by atoms with van der Waals surface area (Å²) < 4.78 is 45.9. The monoisotopic (exact) mass is 538 g/mol. The molecule has 3 atom stereocenters. The van der Waals surface area contributed by atoms with Crippen molar-refractivity contribution in [3.05, 3.63) is 35.6 Å². The number of benzene rings is 1. The summed E-state index contributed by atoms with van der Waals surface area (Å²) in [7, 11) is -3.59. The first-order chi connectivity index (χ1) is 17.3. The van der Waals surface area contributed by atoms with E-state index in [0.29, 0.717) is 37.7 Å². The molecule has 2 saturated heterocycles. The Hall–Kier alpha value is -2.73. The summed E-state index contributed by atoms with van der Waals surface area (Å²) in [6.45, 7) is 5.22. The van der Waals surface area contributed by atoms with Gasteiger partial charge in [-0.2, -0.15) is 4.31 Å². The van der Waals surface area contributed by atoms with Gasteiger partial charge in [0.15, 0.2) is 0 Å². The molecule has 204 valence electrons. The molecule has 3 fully saturated rings. The quantitative estimate of drug-likeness (QED) is 0.570. The average Bonchev–Trinajstić information content (AvgIpc) is 3.59. The lowest BCUT2D eigenvalue weighted by atomic mass is 10.1. The molecule has 1 saturated carbocycles. The van der Waals surface area contributed by atoms with Crippen LogP contribution in [0.2, 0.25) is 0 Å². The van der Waals surface area contributed by atoms with Crippen LogP contribution in [0.25, 0.3) is 0 Å². The SMILES string of the molecule is CC(C)(C)OC(=O)N[C@H]1CN(S(=O)(=O)C2CC2)CC[C@H]2CC[C@@H](C(=O)NCc3ccc(F)cc3)N2C1=O. The Morgan fingerprint density at radius 3 is 2.38 bits per heavy atom. The highest BCUT2D eigenvalue weighted by Gasteiger charge is 2.48. The lowest BCUT2D eigenvalue weighted by Crippen LogP contribution is -2.61. The van der Waals surface area contributed by atoms with E-state index in [1.54, 1.807) is 32.9 Å². The van der Waals surface area contributed by atoms with Gasteiger partial charge in [0.05, 0.1) is 5.25 Å². The fourth-order valence-electron chi connectivity index (χ4n) is 4.88. The van der Waals surface area contributed by atoms with E-state index in [9.17, 15) is 27.2 Å². The number of rotatable bonds is 6. The molecule has 2 N–H and O–H groups in total. The average molecular weight is 539 g/mol. The topological polar surface area (TPSA) is 125 Å². The molecule has 0 bridgehead atoms. The summed E-state index contributed by atoms with van der Waals surface area (Å²) in [5.74, 6) is -1.23. The Balaban J connectivity index is 1.52. The van der Waals surface area contributed by atoms with Crippen LogP contribution in [0.3, 0.4) is 0 Å². The molecule has 1 aromatic rings. The first-order valence-corrected chi connectivity index (χ1v) is 14.2.